The van der Waals surface area contributed by atoms with E-state index in [0.717, 1.165) is 36.7 Å². The molecule has 0 amide bonds. The molecule has 0 spiro atoms. The first-order chi connectivity index (χ1) is 7.66. The molecular weight excluding hydrogens is 200 g/mol. The van der Waals surface area contributed by atoms with E-state index in [1.165, 1.54) is 0 Å². The van der Waals surface area contributed by atoms with Gasteiger partial charge in [0.15, 0.2) is 0 Å². The second kappa shape index (κ2) is 4.56. The number of nitrogens with one attached hydrogen (secondary N) is 1. The number of hydrogen-bond acceptors (Lipinski definition) is 2. The molecule has 0 radical (unpaired) electrons. The first-order valence-electron chi connectivity index (χ1n) is 5.78. The van der Waals surface area contributed by atoms with Gasteiger partial charge in [-0.05, 0) is 44.5 Å². The summed E-state index contributed by atoms with van der Waals surface area (Å²) in [5.41, 5.74) is 1.10. The highest BCUT2D eigenvalue weighted by atomic mass is 16.5. The van der Waals surface area contributed by atoms with Gasteiger partial charge < -0.3 is 9.64 Å². The predicted octanol–water partition coefficient (Wildman–Crippen LogP) is 3.05. The fourth-order valence-electron chi connectivity index (χ4n) is 1.94. The van der Waals surface area contributed by atoms with Crippen LogP contribution in [0.15, 0.2) is 24.3 Å². The fraction of sp³-hybridized carbons (Fsp3) is 0.462. The van der Waals surface area contributed by atoms with E-state index in [1.807, 2.05) is 38.1 Å². The minimum atomic E-state index is 0.205. The molecule has 2 rings (SSSR count). The van der Waals surface area contributed by atoms with E-state index < -0.39 is 0 Å². The molecule has 1 aromatic carbocycles. The number of ether oxygens (including phenoxy) is 1. The third-order valence-corrected chi connectivity index (χ3v) is 2.64. The number of rotatable bonds is 3. The average Bonchev–Trinajstić information content (AvgIpc) is 2.65. The fourth-order valence-corrected chi connectivity index (χ4v) is 1.94. The van der Waals surface area contributed by atoms with Gasteiger partial charge in [-0.25, -0.2) is 0 Å². The summed E-state index contributed by atoms with van der Waals surface area (Å²) in [6.07, 6.45) is 2.18. The first kappa shape index (κ1) is 11.0. The predicted molar refractivity (Wildman–Crippen MR) is 66.5 cm³/mol. The van der Waals surface area contributed by atoms with Gasteiger partial charge in [0.25, 0.3) is 0 Å². The van der Waals surface area contributed by atoms with E-state index in [9.17, 15) is 0 Å². The Kier molecular flexibility index (Phi) is 3.13. The van der Waals surface area contributed by atoms with Gasteiger partial charge in [-0.2, -0.15) is 0 Å². The molecule has 1 aromatic rings. The van der Waals surface area contributed by atoms with Gasteiger partial charge in [-0.3, -0.25) is 5.41 Å². The van der Waals surface area contributed by atoms with E-state index in [0.29, 0.717) is 0 Å². The lowest BCUT2D eigenvalue weighted by Gasteiger charge is -2.18. The van der Waals surface area contributed by atoms with Crippen LogP contribution in [0.5, 0.6) is 5.75 Å². The number of amidine groups is 1. The summed E-state index contributed by atoms with van der Waals surface area (Å²) < 4.78 is 5.59. The van der Waals surface area contributed by atoms with Crippen LogP contribution < -0.4 is 9.64 Å². The van der Waals surface area contributed by atoms with Gasteiger partial charge in [0, 0.05) is 18.7 Å². The van der Waals surface area contributed by atoms with Crippen LogP contribution in [-0.4, -0.2) is 18.5 Å². The Morgan fingerprint density at radius 3 is 2.44 bits per heavy atom. The molecule has 1 saturated heterocycles. The zero-order valence-electron chi connectivity index (χ0n) is 9.86. The highest BCUT2D eigenvalue weighted by Gasteiger charge is 2.18. The minimum absolute atomic E-state index is 0.205. The Hall–Kier alpha value is -1.51. The van der Waals surface area contributed by atoms with Crippen LogP contribution in [0.4, 0.5) is 5.69 Å². The Balaban J connectivity index is 2.09. The summed E-state index contributed by atoms with van der Waals surface area (Å²) in [7, 11) is 0. The molecule has 0 saturated carbocycles. The van der Waals surface area contributed by atoms with E-state index in [-0.39, 0.29) is 6.10 Å². The molecule has 1 N–H and O–H groups in total. The van der Waals surface area contributed by atoms with Crippen molar-refractivity contribution in [3.05, 3.63) is 24.3 Å². The summed E-state index contributed by atoms with van der Waals surface area (Å²) in [4.78, 5) is 2.05. The number of benzene rings is 1. The van der Waals surface area contributed by atoms with Crippen molar-refractivity contribution in [3.8, 4) is 5.75 Å². The third kappa shape index (κ3) is 2.35. The van der Waals surface area contributed by atoms with Crippen molar-refractivity contribution >= 4 is 11.5 Å². The number of anilines is 1. The highest BCUT2D eigenvalue weighted by Crippen LogP contribution is 2.24. The van der Waals surface area contributed by atoms with Crippen LogP contribution in [0.25, 0.3) is 0 Å². The van der Waals surface area contributed by atoms with E-state index in [1.54, 1.807) is 0 Å². The van der Waals surface area contributed by atoms with Gasteiger partial charge in [0.05, 0.1) is 6.10 Å². The Labute approximate surface area is 96.5 Å². The van der Waals surface area contributed by atoms with Crippen LogP contribution >= 0.6 is 0 Å². The van der Waals surface area contributed by atoms with Crippen molar-refractivity contribution in [1.29, 1.82) is 5.41 Å². The summed E-state index contributed by atoms with van der Waals surface area (Å²) in [5, 5.41) is 7.80. The van der Waals surface area contributed by atoms with Crippen LogP contribution in [0.1, 0.15) is 26.7 Å². The molecule has 0 aliphatic carbocycles. The normalized spacial score (nSPS) is 15.9. The third-order valence-electron chi connectivity index (χ3n) is 2.64. The van der Waals surface area contributed by atoms with Crippen molar-refractivity contribution in [2.24, 2.45) is 0 Å². The Morgan fingerprint density at radius 1 is 1.25 bits per heavy atom. The SMILES string of the molecule is CC(C)Oc1ccc(N2CCCC2=N)cc1. The van der Waals surface area contributed by atoms with Crippen LogP contribution in [0.2, 0.25) is 0 Å². The molecular formula is C13H18N2O. The smallest absolute Gasteiger partial charge is 0.119 e. The molecule has 1 aliphatic rings. The van der Waals surface area contributed by atoms with Gasteiger partial charge in [0.2, 0.25) is 0 Å². The van der Waals surface area contributed by atoms with Gasteiger partial charge in [-0.1, -0.05) is 0 Å². The maximum atomic E-state index is 7.80. The largest absolute Gasteiger partial charge is 0.491 e. The molecule has 3 heteroatoms. The molecule has 0 bridgehead atoms. The monoisotopic (exact) mass is 218 g/mol. The molecule has 1 heterocycles. The Bertz CT molecular complexity index is 370. The van der Waals surface area contributed by atoms with Crippen molar-refractivity contribution in [3.63, 3.8) is 0 Å². The number of nitrogens with zero attached hydrogens (tertiary/aromatic N) is 1. The molecule has 0 aromatic heterocycles. The lowest BCUT2D eigenvalue weighted by atomic mass is 10.2. The standard InChI is InChI=1S/C13H18N2O/c1-10(2)16-12-7-5-11(6-8-12)15-9-3-4-13(15)14/h5-8,10,14H,3-4,9H2,1-2H3. The summed E-state index contributed by atoms with van der Waals surface area (Å²) in [6.45, 7) is 5.00. The Morgan fingerprint density at radius 2 is 1.94 bits per heavy atom. The van der Waals surface area contributed by atoms with Gasteiger partial charge >= 0.3 is 0 Å². The lowest BCUT2D eigenvalue weighted by molar-refractivity contribution is 0.242. The zero-order chi connectivity index (χ0) is 11.5. The minimum Gasteiger partial charge on any atom is -0.491 e. The maximum Gasteiger partial charge on any atom is 0.119 e. The van der Waals surface area contributed by atoms with Crippen molar-refractivity contribution < 1.29 is 4.74 Å². The van der Waals surface area contributed by atoms with Crippen LogP contribution in [-0.2, 0) is 0 Å². The molecule has 1 aliphatic heterocycles. The van der Waals surface area contributed by atoms with Gasteiger partial charge in [0.1, 0.15) is 11.6 Å². The van der Waals surface area contributed by atoms with Crippen molar-refractivity contribution in [2.75, 3.05) is 11.4 Å². The lowest BCUT2D eigenvalue weighted by Crippen LogP contribution is -2.22. The molecule has 0 atom stereocenters. The van der Waals surface area contributed by atoms with Crippen LogP contribution in [0.3, 0.4) is 0 Å². The van der Waals surface area contributed by atoms with E-state index >= 15 is 0 Å². The van der Waals surface area contributed by atoms with E-state index in [4.69, 9.17) is 10.1 Å². The average molecular weight is 218 g/mol. The van der Waals surface area contributed by atoms with E-state index in [2.05, 4.69) is 4.90 Å². The molecule has 86 valence electrons. The summed E-state index contributed by atoms with van der Waals surface area (Å²) >= 11 is 0. The van der Waals surface area contributed by atoms with Crippen LogP contribution in [0, 0.1) is 5.41 Å². The van der Waals surface area contributed by atoms with Crippen molar-refractivity contribution in [2.45, 2.75) is 32.8 Å². The zero-order valence-corrected chi connectivity index (χ0v) is 9.86. The second-order valence-electron chi connectivity index (χ2n) is 4.36. The molecule has 0 unspecified atom stereocenters. The van der Waals surface area contributed by atoms with Crippen molar-refractivity contribution in [1.82, 2.24) is 0 Å². The maximum absolute atomic E-state index is 7.80. The topological polar surface area (TPSA) is 36.3 Å². The number of hydrogen-bond donors (Lipinski definition) is 1. The van der Waals surface area contributed by atoms with Gasteiger partial charge in [-0.15, -0.1) is 0 Å². The molecule has 1 fully saturated rings. The quantitative estimate of drug-likeness (QED) is 0.846. The molecule has 16 heavy (non-hydrogen) atoms. The highest BCUT2D eigenvalue weighted by molar-refractivity contribution is 5.97. The summed E-state index contributed by atoms with van der Waals surface area (Å²) in [5.74, 6) is 1.61. The second-order valence-corrected chi connectivity index (χ2v) is 4.36. The first-order valence-corrected chi connectivity index (χ1v) is 5.78. The summed E-state index contributed by atoms with van der Waals surface area (Å²) in [6, 6.07) is 8.00. The molecule has 3 nitrogen and oxygen atoms in total.